The molecule has 0 spiro atoms. The second-order valence-electron chi connectivity index (χ2n) is 5.50. The summed E-state index contributed by atoms with van der Waals surface area (Å²) in [5, 5.41) is 9.40. The third-order valence-corrected chi connectivity index (χ3v) is 4.92. The van der Waals surface area contributed by atoms with Crippen LogP contribution in [0.5, 0.6) is 0 Å². The monoisotopic (exact) mass is 323 g/mol. The molecule has 1 aliphatic rings. The molecule has 2 rings (SSSR count). The molecule has 0 radical (unpaired) electrons. The molecule has 22 heavy (non-hydrogen) atoms. The fourth-order valence-corrected chi connectivity index (χ4v) is 3.51. The van der Waals surface area contributed by atoms with Crippen LogP contribution in [0.25, 0.3) is 0 Å². The number of rotatable bonds is 7. The number of ether oxygens (including phenoxy) is 1. The van der Waals surface area contributed by atoms with Gasteiger partial charge >= 0.3 is 5.97 Å². The van der Waals surface area contributed by atoms with Gasteiger partial charge in [0.1, 0.15) is 5.41 Å². The molecular formula is C16H21NO4S. The van der Waals surface area contributed by atoms with Gasteiger partial charge in [0.25, 0.3) is 0 Å². The topological polar surface area (TPSA) is 66.8 Å². The third-order valence-electron chi connectivity index (χ3n) is 3.91. The molecule has 120 valence electrons. The number of methoxy groups -OCH3 is 1. The fraction of sp³-hybridized carbons (Fsp3) is 0.500. The van der Waals surface area contributed by atoms with Crippen molar-refractivity contribution in [1.29, 1.82) is 0 Å². The van der Waals surface area contributed by atoms with E-state index in [0.29, 0.717) is 25.1 Å². The molecule has 1 amide bonds. The smallest absolute Gasteiger partial charge is 0.313 e. The van der Waals surface area contributed by atoms with Gasteiger partial charge in [-0.15, -0.1) is 11.8 Å². The lowest BCUT2D eigenvalue weighted by Gasteiger charge is -2.23. The average Bonchev–Trinajstić information content (AvgIpc) is 2.94. The molecule has 1 unspecified atom stereocenters. The molecule has 1 heterocycles. The minimum Gasteiger partial charge on any atom is -0.481 e. The molecule has 1 saturated heterocycles. The summed E-state index contributed by atoms with van der Waals surface area (Å²) in [5.74, 6) is -0.171. The van der Waals surface area contributed by atoms with Crippen molar-refractivity contribution < 1.29 is 19.4 Å². The van der Waals surface area contributed by atoms with Gasteiger partial charge in [-0.3, -0.25) is 9.59 Å². The molecule has 0 aliphatic carbocycles. The largest absolute Gasteiger partial charge is 0.481 e. The molecule has 0 bridgehead atoms. The Morgan fingerprint density at radius 2 is 2.09 bits per heavy atom. The number of amides is 1. The molecule has 5 nitrogen and oxygen atoms in total. The molecule has 1 aromatic carbocycles. The summed E-state index contributed by atoms with van der Waals surface area (Å²) in [6.07, 6.45) is 0.871. The molecule has 1 N–H and O–H groups in total. The van der Waals surface area contributed by atoms with Crippen LogP contribution in [0.1, 0.15) is 12.8 Å². The Labute approximate surface area is 134 Å². The normalized spacial score (nSPS) is 21.0. The summed E-state index contributed by atoms with van der Waals surface area (Å²) in [7, 11) is 1.49. The van der Waals surface area contributed by atoms with Crippen LogP contribution in [0.4, 0.5) is 0 Å². The first-order chi connectivity index (χ1) is 10.6. The number of hydrogen-bond acceptors (Lipinski definition) is 4. The highest BCUT2D eigenvalue weighted by Gasteiger charge is 2.46. The van der Waals surface area contributed by atoms with Crippen molar-refractivity contribution in [1.82, 2.24) is 4.90 Å². The van der Waals surface area contributed by atoms with Crippen molar-refractivity contribution in [3.05, 3.63) is 30.3 Å². The van der Waals surface area contributed by atoms with Crippen LogP contribution in [-0.4, -0.2) is 54.4 Å². The predicted octanol–water partition coefficient (Wildman–Crippen LogP) is 2.12. The first-order valence-corrected chi connectivity index (χ1v) is 8.24. The minimum atomic E-state index is -0.947. The Balaban J connectivity index is 1.82. The molecule has 1 fully saturated rings. The number of carboxylic acids is 1. The molecule has 0 aromatic heterocycles. The molecule has 1 aromatic rings. The van der Waals surface area contributed by atoms with Crippen LogP contribution < -0.4 is 0 Å². The second kappa shape index (κ2) is 7.65. The quantitative estimate of drug-likeness (QED) is 0.779. The van der Waals surface area contributed by atoms with Gasteiger partial charge in [0, 0.05) is 37.3 Å². The van der Waals surface area contributed by atoms with Gasteiger partial charge in [0.2, 0.25) is 5.91 Å². The number of thioether (sulfide) groups is 1. The zero-order chi connectivity index (χ0) is 16.0. The number of benzene rings is 1. The van der Waals surface area contributed by atoms with Gasteiger partial charge in [0.05, 0.1) is 6.61 Å². The predicted molar refractivity (Wildman–Crippen MR) is 84.9 cm³/mol. The summed E-state index contributed by atoms with van der Waals surface area (Å²) in [6, 6.07) is 9.92. The minimum absolute atomic E-state index is 0.0164. The highest BCUT2D eigenvalue weighted by Crippen LogP contribution is 2.32. The van der Waals surface area contributed by atoms with Crippen LogP contribution in [0, 0.1) is 5.41 Å². The van der Waals surface area contributed by atoms with Crippen molar-refractivity contribution in [2.75, 3.05) is 32.6 Å². The molecule has 0 saturated carbocycles. The van der Waals surface area contributed by atoms with E-state index in [2.05, 4.69) is 0 Å². The summed E-state index contributed by atoms with van der Waals surface area (Å²) < 4.78 is 5.03. The maximum absolute atomic E-state index is 12.2. The lowest BCUT2D eigenvalue weighted by Crippen LogP contribution is -2.40. The van der Waals surface area contributed by atoms with Gasteiger partial charge in [-0.2, -0.15) is 0 Å². The van der Waals surface area contributed by atoms with Crippen LogP contribution >= 0.6 is 11.8 Å². The molecular weight excluding hydrogens is 302 g/mol. The Bertz CT molecular complexity index is 522. The SMILES string of the molecule is COCC1(C(=O)O)CCN(C(=O)CCSc2ccccc2)C1. The van der Waals surface area contributed by atoms with Crippen LogP contribution in [0.2, 0.25) is 0 Å². The summed E-state index contributed by atoms with van der Waals surface area (Å²) in [6.45, 7) is 0.875. The van der Waals surface area contributed by atoms with Gasteiger partial charge < -0.3 is 14.7 Å². The Kier molecular flexibility index (Phi) is 5.85. The Morgan fingerprint density at radius 1 is 1.36 bits per heavy atom. The summed E-state index contributed by atoms with van der Waals surface area (Å²) in [5.41, 5.74) is -0.947. The van der Waals surface area contributed by atoms with E-state index in [1.165, 1.54) is 7.11 Å². The number of carbonyl (C=O) groups excluding carboxylic acids is 1. The average molecular weight is 323 g/mol. The van der Waals surface area contributed by atoms with Gasteiger partial charge in [-0.25, -0.2) is 0 Å². The zero-order valence-electron chi connectivity index (χ0n) is 12.7. The van der Waals surface area contributed by atoms with E-state index in [1.807, 2.05) is 30.3 Å². The number of aliphatic carboxylic acids is 1. The first kappa shape index (κ1) is 16.8. The van der Waals surface area contributed by atoms with Gasteiger partial charge in [0.15, 0.2) is 0 Å². The van der Waals surface area contributed by atoms with E-state index in [9.17, 15) is 14.7 Å². The highest BCUT2D eigenvalue weighted by atomic mass is 32.2. The van der Waals surface area contributed by atoms with E-state index in [4.69, 9.17) is 4.74 Å². The van der Waals surface area contributed by atoms with Gasteiger partial charge in [-0.05, 0) is 18.6 Å². The zero-order valence-corrected chi connectivity index (χ0v) is 13.5. The molecule has 1 atom stereocenters. The number of nitrogens with zero attached hydrogens (tertiary/aromatic N) is 1. The summed E-state index contributed by atoms with van der Waals surface area (Å²) >= 11 is 1.64. The van der Waals surface area contributed by atoms with Crippen molar-refractivity contribution in [3.63, 3.8) is 0 Å². The van der Waals surface area contributed by atoms with E-state index in [-0.39, 0.29) is 19.1 Å². The lowest BCUT2D eigenvalue weighted by atomic mass is 9.88. The van der Waals surface area contributed by atoms with Crippen molar-refractivity contribution in [2.45, 2.75) is 17.7 Å². The maximum atomic E-state index is 12.2. The van der Waals surface area contributed by atoms with Crippen molar-refractivity contribution in [2.24, 2.45) is 5.41 Å². The van der Waals surface area contributed by atoms with Crippen molar-refractivity contribution >= 4 is 23.6 Å². The van der Waals surface area contributed by atoms with E-state index < -0.39 is 11.4 Å². The van der Waals surface area contributed by atoms with E-state index >= 15 is 0 Å². The van der Waals surface area contributed by atoms with Crippen LogP contribution in [0.3, 0.4) is 0 Å². The fourth-order valence-electron chi connectivity index (χ4n) is 2.65. The lowest BCUT2D eigenvalue weighted by molar-refractivity contribution is -0.151. The number of likely N-dealkylation sites (tertiary alicyclic amines) is 1. The van der Waals surface area contributed by atoms with Crippen LogP contribution in [-0.2, 0) is 14.3 Å². The standard InChI is InChI=1S/C16H21NO4S/c1-21-12-16(15(19)20)8-9-17(11-16)14(18)7-10-22-13-5-3-2-4-6-13/h2-6H,7-12H2,1H3,(H,19,20). The number of carbonyl (C=O) groups is 2. The molecule has 1 aliphatic heterocycles. The van der Waals surface area contributed by atoms with Crippen LogP contribution in [0.15, 0.2) is 35.2 Å². The Morgan fingerprint density at radius 3 is 2.73 bits per heavy atom. The number of carboxylic acid groups (broad SMARTS) is 1. The maximum Gasteiger partial charge on any atom is 0.313 e. The second-order valence-corrected chi connectivity index (χ2v) is 6.66. The summed E-state index contributed by atoms with van der Waals surface area (Å²) in [4.78, 5) is 26.5. The van der Waals surface area contributed by atoms with E-state index in [1.54, 1.807) is 16.7 Å². The molecule has 6 heteroatoms. The highest BCUT2D eigenvalue weighted by molar-refractivity contribution is 7.99. The number of hydrogen-bond donors (Lipinski definition) is 1. The Hall–Kier alpha value is -1.53. The van der Waals surface area contributed by atoms with Gasteiger partial charge in [-0.1, -0.05) is 18.2 Å². The van der Waals surface area contributed by atoms with E-state index in [0.717, 1.165) is 4.90 Å². The first-order valence-electron chi connectivity index (χ1n) is 7.25. The van der Waals surface area contributed by atoms with Crippen molar-refractivity contribution in [3.8, 4) is 0 Å². The third kappa shape index (κ3) is 4.01.